The fraction of sp³-hybridized carbons (Fsp3) is 0.481. The molecule has 172 valence electrons. The van der Waals surface area contributed by atoms with Gasteiger partial charge in [0.05, 0.1) is 0 Å². The number of hydrogen-bond donors (Lipinski definition) is 0. The zero-order chi connectivity index (χ0) is 22.2. The number of rotatable bonds is 4. The number of amides is 1. The Hall–Kier alpha value is -2.86. The summed E-state index contributed by atoms with van der Waals surface area (Å²) in [6, 6.07) is 17.5. The van der Waals surface area contributed by atoms with E-state index in [-0.39, 0.29) is 5.91 Å². The third-order valence-corrected chi connectivity index (χ3v) is 7.77. The van der Waals surface area contributed by atoms with E-state index in [4.69, 9.17) is 4.42 Å². The van der Waals surface area contributed by atoms with Crippen molar-refractivity contribution in [2.75, 3.05) is 44.2 Å². The van der Waals surface area contributed by atoms with Crippen molar-refractivity contribution in [2.24, 2.45) is 0 Å². The van der Waals surface area contributed by atoms with E-state index in [2.05, 4.69) is 26.9 Å². The van der Waals surface area contributed by atoms with Gasteiger partial charge in [0, 0.05) is 50.9 Å². The first kappa shape index (κ1) is 20.7. The number of fused-ring (bicyclic) bond motifs is 1. The van der Waals surface area contributed by atoms with E-state index < -0.39 is 0 Å². The lowest BCUT2D eigenvalue weighted by Crippen LogP contribution is -2.64. The van der Waals surface area contributed by atoms with E-state index in [1.165, 1.54) is 37.7 Å². The molecule has 0 bridgehead atoms. The fourth-order valence-corrected chi connectivity index (χ4v) is 5.64. The van der Waals surface area contributed by atoms with E-state index in [1.807, 2.05) is 41.3 Å². The summed E-state index contributed by atoms with van der Waals surface area (Å²) in [6.07, 6.45) is 6.63. The highest BCUT2D eigenvalue weighted by atomic mass is 16.4. The van der Waals surface area contributed by atoms with Gasteiger partial charge in [-0.2, -0.15) is 4.98 Å². The van der Waals surface area contributed by atoms with E-state index >= 15 is 0 Å². The Bertz CT molecular complexity index is 1070. The highest BCUT2D eigenvalue weighted by Crippen LogP contribution is 2.33. The number of nitrogens with zero attached hydrogens (tertiary/aromatic N) is 4. The SMILES string of the molecule is O=C(c1ccc(C2CCCCC2)cc1)N1CC(N2CCN(c3nc4ccccc4o3)CC2)C1. The third kappa shape index (κ3) is 4.12. The van der Waals surface area contributed by atoms with Crippen LogP contribution in [0.15, 0.2) is 52.9 Å². The second-order valence-electron chi connectivity index (χ2n) is 9.81. The van der Waals surface area contributed by atoms with Gasteiger partial charge in [-0.1, -0.05) is 43.5 Å². The third-order valence-electron chi connectivity index (χ3n) is 7.77. The maximum absolute atomic E-state index is 12.9. The van der Waals surface area contributed by atoms with Gasteiger partial charge in [0.2, 0.25) is 0 Å². The summed E-state index contributed by atoms with van der Waals surface area (Å²) >= 11 is 0. The van der Waals surface area contributed by atoms with Crippen molar-refractivity contribution < 1.29 is 9.21 Å². The predicted molar refractivity (Wildman–Crippen MR) is 130 cm³/mol. The molecule has 2 saturated heterocycles. The summed E-state index contributed by atoms with van der Waals surface area (Å²) in [5.41, 5.74) is 3.99. The molecule has 0 N–H and O–H groups in total. The van der Waals surface area contributed by atoms with E-state index in [1.54, 1.807) is 0 Å². The first-order valence-corrected chi connectivity index (χ1v) is 12.5. The predicted octanol–water partition coefficient (Wildman–Crippen LogP) is 4.52. The Morgan fingerprint density at radius 3 is 2.33 bits per heavy atom. The number of carbonyl (C=O) groups is 1. The molecule has 3 aromatic rings. The van der Waals surface area contributed by atoms with Crippen molar-refractivity contribution in [3.8, 4) is 0 Å². The van der Waals surface area contributed by atoms with Crippen molar-refractivity contribution in [3.63, 3.8) is 0 Å². The number of oxazole rings is 1. The number of piperazine rings is 1. The average Bonchev–Trinajstić information content (AvgIpc) is 3.29. The molecule has 6 nitrogen and oxygen atoms in total. The standard InChI is InChI=1S/C27H32N4O2/c32-26(22-12-10-21(11-13-22)20-6-2-1-3-7-20)31-18-23(19-31)29-14-16-30(17-15-29)27-28-24-8-4-5-9-25(24)33-27/h4-5,8-13,20,23H,1-3,6-7,14-19H2. The molecule has 3 heterocycles. The van der Waals surface area contributed by atoms with Crippen molar-refractivity contribution in [1.82, 2.24) is 14.8 Å². The summed E-state index contributed by atoms with van der Waals surface area (Å²) in [4.78, 5) is 24.3. The normalized spacial score (nSPS) is 20.8. The van der Waals surface area contributed by atoms with Crippen LogP contribution < -0.4 is 4.90 Å². The monoisotopic (exact) mass is 444 g/mol. The van der Waals surface area contributed by atoms with Gasteiger partial charge in [0.15, 0.2) is 5.58 Å². The van der Waals surface area contributed by atoms with Gasteiger partial charge in [0.25, 0.3) is 11.9 Å². The number of benzene rings is 2. The lowest BCUT2D eigenvalue weighted by molar-refractivity contribution is 0.0244. The number of para-hydroxylation sites is 2. The molecular weight excluding hydrogens is 412 g/mol. The van der Waals surface area contributed by atoms with Gasteiger partial charge >= 0.3 is 0 Å². The van der Waals surface area contributed by atoms with Crippen LogP contribution in [0.3, 0.4) is 0 Å². The highest BCUT2D eigenvalue weighted by molar-refractivity contribution is 5.94. The van der Waals surface area contributed by atoms with Gasteiger partial charge < -0.3 is 14.2 Å². The maximum atomic E-state index is 12.9. The summed E-state index contributed by atoms with van der Waals surface area (Å²) in [5, 5.41) is 0. The van der Waals surface area contributed by atoms with Gasteiger partial charge in [-0.15, -0.1) is 0 Å². The second-order valence-corrected chi connectivity index (χ2v) is 9.81. The molecule has 1 aromatic heterocycles. The topological polar surface area (TPSA) is 52.8 Å². The summed E-state index contributed by atoms with van der Waals surface area (Å²) in [5.74, 6) is 0.858. The van der Waals surface area contributed by atoms with E-state index in [0.29, 0.717) is 12.0 Å². The molecule has 0 atom stereocenters. The summed E-state index contributed by atoms with van der Waals surface area (Å²) in [7, 11) is 0. The Morgan fingerprint density at radius 1 is 0.879 bits per heavy atom. The van der Waals surface area contributed by atoms with Crippen LogP contribution in [0.2, 0.25) is 0 Å². The van der Waals surface area contributed by atoms with Crippen LogP contribution in [0.25, 0.3) is 11.1 Å². The molecule has 1 aliphatic carbocycles. The van der Waals surface area contributed by atoms with Crippen LogP contribution in [0.4, 0.5) is 6.01 Å². The zero-order valence-corrected chi connectivity index (χ0v) is 19.2. The number of aromatic nitrogens is 1. The quantitative estimate of drug-likeness (QED) is 0.592. The molecule has 6 heteroatoms. The molecule has 2 aromatic carbocycles. The minimum Gasteiger partial charge on any atom is -0.423 e. The Morgan fingerprint density at radius 2 is 1.61 bits per heavy atom. The van der Waals surface area contributed by atoms with Crippen LogP contribution in [0.1, 0.15) is 53.9 Å². The lowest BCUT2D eigenvalue weighted by atomic mass is 9.84. The minimum absolute atomic E-state index is 0.173. The molecule has 3 aliphatic rings. The molecule has 2 aliphatic heterocycles. The van der Waals surface area contributed by atoms with Crippen LogP contribution in [0, 0.1) is 0 Å². The Balaban J connectivity index is 1.000. The lowest BCUT2D eigenvalue weighted by Gasteiger charge is -2.48. The first-order chi connectivity index (χ1) is 16.2. The fourth-order valence-electron chi connectivity index (χ4n) is 5.64. The highest BCUT2D eigenvalue weighted by Gasteiger charge is 2.36. The van der Waals surface area contributed by atoms with Gasteiger partial charge in [-0.05, 0) is 48.6 Å². The van der Waals surface area contributed by atoms with Crippen molar-refractivity contribution in [2.45, 2.75) is 44.1 Å². The Kier molecular flexibility index (Phi) is 5.54. The van der Waals surface area contributed by atoms with E-state index in [0.717, 1.165) is 61.9 Å². The average molecular weight is 445 g/mol. The van der Waals surface area contributed by atoms with Crippen molar-refractivity contribution >= 4 is 23.0 Å². The number of anilines is 1. The molecule has 3 fully saturated rings. The van der Waals surface area contributed by atoms with Gasteiger partial charge in [-0.25, -0.2) is 0 Å². The number of carbonyl (C=O) groups excluding carboxylic acids is 1. The second kappa shape index (κ2) is 8.82. The molecule has 6 rings (SSSR count). The number of likely N-dealkylation sites (tertiary alicyclic amines) is 1. The summed E-state index contributed by atoms with van der Waals surface area (Å²) < 4.78 is 5.93. The number of hydrogen-bond acceptors (Lipinski definition) is 5. The maximum Gasteiger partial charge on any atom is 0.298 e. The molecule has 33 heavy (non-hydrogen) atoms. The van der Waals surface area contributed by atoms with Crippen LogP contribution in [-0.2, 0) is 0 Å². The molecule has 0 unspecified atom stereocenters. The van der Waals surface area contributed by atoms with Crippen molar-refractivity contribution in [3.05, 3.63) is 59.7 Å². The molecule has 1 saturated carbocycles. The largest absolute Gasteiger partial charge is 0.423 e. The molecule has 1 amide bonds. The van der Waals surface area contributed by atoms with Crippen LogP contribution in [0.5, 0.6) is 0 Å². The first-order valence-electron chi connectivity index (χ1n) is 12.5. The van der Waals surface area contributed by atoms with Gasteiger partial charge in [0.1, 0.15) is 5.52 Å². The van der Waals surface area contributed by atoms with Crippen molar-refractivity contribution in [1.29, 1.82) is 0 Å². The molecule has 0 radical (unpaired) electrons. The van der Waals surface area contributed by atoms with Gasteiger partial charge in [-0.3, -0.25) is 9.69 Å². The van der Waals surface area contributed by atoms with Crippen LogP contribution in [-0.4, -0.2) is 66.0 Å². The van der Waals surface area contributed by atoms with Crippen LogP contribution >= 0.6 is 0 Å². The van der Waals surface area contributed by atoms with E-state index in [9.17, 15) is 4.79 Å². The minimum atomic E-state index is 0.173. The summed E-state index contributed by atoms with van der Waals surface area (Å²) in [6.45, 7) is 5.40. The Labute approximate surface area is 195 Å². The zero-order valence-electron chi connectivity index (χ0n) is 19.2. The smallest absolute Gasteiger partial charge is 0.298 e. The molecular formula is C27H32N4O2. The molecule has 0 spiro atoms.